The number of rotatable bonds is 4. The molecule has 1 fully saturated rings. The number of pyridine rings is 1. The van der Waals surface area contributed by atoms with Crippen molar-refractivity contribution in [3.63, 3.8) is 0 Å². The molecule has 1 saturated heterocycles. The Kier molecular flexibility index (Phi) is 4.14. The molecule has 1 aliphatic heterocycles. The zero-order valence-electron chi connectivity index (χ0n) is 11.8. The minimum absolute atomic E-state index is 0.267. The minimum atomic E-state index is -0.727. The summed E-state index contributed by atoms with van der Waals surface area (Å²) in [6.45, 7) is 2.13. The van der Waals surface area contributed by atoms with Crippen LogP contribution in [0.4, 0.5) is 4.39 Å². The van der Waals surface area contributed by atoms with Crippen LogP contribution in [0.2, 0.25) is 0 Å². The SMILES string of the molecule is OC1(CNCc2cc(F)cc3cccnc23)CCOCC1. The van der Waals surface area contributed by atoms with Gasteiger partial charge in [0.05, 0.1) is 11.1 Å². The Morgan fingerprint density at radius 1 is 1.33 bits per heavy atom. The third-order valence-corrected chi connectivity index (χ3v) is 3.94. The van der Waals surface area contributed by atoms with Crippen LogP contribution in [0, 0.1) is 5.82 Å². The average molecular weight is 290 g/mol. The Morgan fingerprint density at radius 2 is 2.14 bits per heavy atom. The number of nitrogens with one attached hydrogen (secondary N) is 1. The van der Waals surface area contributed by atoms with Crippen molar-refractivity contribution in [1.29, 1.82) is 0 Å². The highest BCUT2D eigenvalue weighted by Gasteiger charge is 2.29. The Bertz CT molecular complexity index is 627. The molecular weight excluding hydrogens is 271 g/mol. The van der Waals surface area contributed by atoms with Crippen molar-refractivity contribution >= 4 is 10.9 Å². The molecule has 0 aliphatic carbocycles. The lowest BCUT2D eigenvalue weighted by Gasteiger charge is -2.32. The van der Waals surface area contributed by atoms with Gasteiger partial charge in [-0.2, -0.15) is 0 Å². The number of nitrogens with zero attached hydrogens (tertiary/aromatic N) is 1. The lowest BCUT2D eigenvalue weighted by molar-refractivity contribution is -0.0616. The highest BCUT2D eigenvalue weighted by Crippen LogP contribution is 2.21. The zero-order valence-corrected chi connectivity index (χ0v) is 11.8. The fourth-order valence-corrected chi connectivity index (χ4v) is 2.72. The second-order valence-electron chi connectivity index (χ2n) is 5.58. The predicted octanol–water partition coefficient (Wildman–Crippen LogP) is 2.00. The van der Waals surface area contributed by atoms with Crippen LogP contribution in [0.15, 0.2) is 30.5 Å². The highest BCUT2D eigenvalue weighted by molar-refractivity contribution is 5.81. The van der Waals surface area contributed by atoms with E-state index in [1.54, 1.807) is 12.3 Å². The molecule has 0 bridgehead atoms. The second-order valence-corrected chi connectivity index (χ2v) is 5.58. The molecule has 2 heterocycles. The normalized spacial score (nSPS) is 18.0. The number of benzene rings is 1. The van der Waals surface area contributed by atoms with Gasteiger partial charge in [-0.25, -0.2) is 4.39 Å². The van der Waals surface area contributed by atoms with Crippen molar-refractivity contribution in [1.82, 2.24) is 10.3 Å². The van der Waals surface area contributed by atoms with Crippen molar-refractivity contribution in [2.75, 3.05) is 19.8 Å². The van der Waals surface area contributed by atoms with E-state index in [9.17, 15) is 9.50 Å². The zero-order chi connectivity index (χ0) is 14.7. The van der Waals surface area contributed by atoms with Gasteiger partial charge < -0.3 is 15.2 Å². The van der Waals surface area contributed by atoms with Gasteiger partial charge in [0, 0.05) is 50.7 Å². The second kappa shape index (κ2) is 6.05. The summed E-state index contributed by atoms with van der Waals surface area (Å²) in [5.74, 6) is -0.267. The predicted molar refractivity (Wildman–Crippen MR) is 78.4 cm³/mol. The smallest absolute Gasteiger partial charge is 0.124 e. The van der Waals surface area contributed by atoms with Gasteiger partial charge in [-0.05, 0) is 23.8 Å². The van der Waals surface area contributed by atoms with Gasteiger partial charge in [-0.15, -0.1) is 0 Å². The molecule has 3 rings (SSSR count). The number of hydrogen-bond donors (Lipinski definition) is 2. The maximum absolute atomic E-state index is 13.6. The number of aromatic nitrogens is 1. The standard InChI is InChI=1S/C16H19FN2O2/c17-14-8-12-2-1-5-19-15(12)13(9-14)10-18-11-16(20)3-6-21-7-4-16/h1-2,5,8-9,18,20H,3-4,6-7,10-11H2. The van der Waals surface area contributed by atoms with E-state index in [0.717, 1.165) is 16.5 Å². The van der Waals surface area contributed by atoms with E-state index in [0.29, 0.717) is 39.1 Å². The fourth-order valence-electron chi connectivity index (χ4n) is 2.72. The van der Waals surface area contributed by atoms with E-state index in [-0.39, 0.29) is 5.82 Å². The highest BCUT2D eigenvalue weighted by atomic mass is 19.1. The van der Waals surface area contributed by atoms with E-state index < -0.39 is 5.60 Å². The molecule has 5 heteroatoms. The lowest BCUT2D eigenvalue weighted by atomic mass is 9.94. The molecule has 0 amide bonds. The minimum Gasteiger partial charge on any atom is -0.388 e. The van der Waals surface area contributed by atoms with Crippen molar-refractivity contribution in [3.8, 4) is 0 Å². The van der Waals surface area contributed by atoms with Gasteiger partial charge in [-0.1, -0.05) is 6.07 Å². The third-order valence-electron chi connectivity index (χ3n) is 3.94. The number of fused-ring (bicyclic) bond motifs is 1. The molecular formula is C16H19FN2O2. The Labute approximate surface area is 123 Å². The molecule has 2 aromatic rings. The van der Waals surface area contributed by atoms with E-state index in [4.69, 9.17) is 4.74 Å². The third kappa shape index (κ3) is 3.37. The Balaban J connectivity index is 1.70. The van der Waals surface area contributed by atoms with Gasteiger partial charge in [0.1, 0.15) is 5.82 Å². The Morgan fingerprint density at radius 3 is 2.95 bits per heavy atom. The molecule has 2 N–H and O–H groups in total. The monoisotopic (exact) mass is 290 g/mol. The molecule has 112 valence electrons. The number of ether oxygens (including phenoxy) is 1. The Hall–Kier alpha value is -1.56. The summed E-state index contributed by atoms with van der Waals surface area (Å²) < 4.78 is 18.9. The summed E-state index contributed by atoms with van der Waals surface area (Å²) in [5.41, 5.74) is 0.876. The number of aliphatic hydroxyl groups is 1. The molecule has 0 spiro atoms. The van der Waals surface area contributed by atoms with Gasteiger partial charge in [0.15, 0.2) is 0 Å². The molecule has 0 unspecified atom stereocenters. The first-order valence-electron chi connectivity index (χ1n) is 7.20. The van der Waals surface area contributed by atoms with Gasteiger partial charge >= 0.3 is 0 Å². The van der Waals surface area contributed by atoms with Crippen LogP contribution in [0.1, 0.15) is 18.4 Å². The van der Waals surface area contributed by atoms with Crippen molar-refractivity contribution in [2.45, 2.75) is 25.0 Å². The molecule has 0 atom stereocenters. The summed E-state index contributed by atoms with van der Waals surface area (Å²) in [6.07, 6.45) is 2.96. The average Bonchev–Trinajstić information content (AvgIpc) is 2.47. The summed E-state index contributed by atoms with van der Waals surface area (Å²) in [4.78, 5) is 4.32. The maximum atomic E-state index is 13.6. The first-order chi connectivity index (χ1) is 10.2. The first kappa shape index (κ1) is 14.4. The van der Waals surface area contributed by atoms with Crippen LogP contribution in [0.3, 0.4) is 0 Å². The molecule has 21 heavy (non-hydrogen) atoms. The van der Waals surface area contributed by atoms with Crippen LogP contribution < -0.4 is 5.32 Å². The van der Waals surface area contributed by atoms with Crippen LogP contribution in [0.5, 0.6) is 0 Å². The summed E-state index contributed by atoms with van der Waals surface area (Å²) >= 11 is 0. The van der Waals surface area contributed by atoms with Crippen molar-refractivity contribution < 1.29 is 14.2 Å². The molecule has 0 saturated carbocycles. The maximum Gasteiger partial charge on any atom is 0.124 e. The molecule has 4 nitrogen and oxygen atoms in total. The van der Waals surface area contributed by atoms with Crippen LogP contribution in [-0.4, -0.2) is 35.5 Å². The largest absolute Gasteiger partial charge is 0.388 e. The fraction of sp³-hybridized carbons (Fsp3) is 0.438. The molecule has 1 aromatic carbocycles. The van der Waals surface area contributed by atoms with E-state index in [1.807, 2.05) is 6.07 Å². The molecule has 1 aliphatic rings. The van der Waals surface area contributed by atoms with Crippen molar-refractivity contribution in [2.24, 2.45) is 0 Å². The van der Waals surface area contributed by atoms with E-state index in [2.05, 4.69) is 10.3 Å². The van der Waals surface area contributed by atoms with E-state index >= 15 is 0 Å². The van der Waals surface area contributed by atoms with Crippen molar-refractivity contribution in [3.05, 3.63) is 41.8 Å². The molecule has 1 aromatic heterocycles. The summed E-state index contributed by atoms with van der Waals surface area (Å²) in [7, 11) is 0. The topological polar surface area (TPSA) is 54.4 Å². The first-order valence-corrected chi connectivity index (χ1v) is 7.20. The van der Waals surface area contributed by atoms with E-state index in [1.165, 1.54) is 12.1 Å². The lowest BCUT2D eigenvalue weighted by Crippen LogP contribution is -2.44. The van der Waals surface area contributed by atoms with Gasteiger partial charge in [0.2, 0.25) is 0 Å². The number of halogens is 1. The summed E-state index contributed by atoms with van der Waals surface area (Å²) in [6, 6.07) is 6.62. The van der Waals surface area contributed by atoms with Crippen LogP contribution >= 0.6 is 0 Å². The number of hydrogen-bond acceptors (Lipinski definition) is 4. The van der Waals surface area contributed by atoms with Crippen LogP contribution in [-0.2, 0) is 11.3 Å². The molecule has 0 radical (unpaired) electrons. The van der Waals surface area contributed by atoms with Gasteiger partial charge in [-0.3, -0.25) is 4.98 Å². The van der Waals surface area contributed by atoms with Crippen LogP contribution in [0.25, 0.3) is 10.9 Å². The quantitative estimate of drug-likeness (QED) is 0.904. The summed E-state index contributed by atoms with van der Waals surface area (Å²) in [5, 5.41) is 14.4. The van der Waals surface area contributed by atoms with Gasteiger partial charge in [0.25, 0.3) is 0 Å².